The van der Waals surface area contributed by atoms with Crippen LogP contribution in [0.25, 0.3) is 0 Å². The van der Waals surface area contributed by atoms with E-state index in [9.17, 15) is 18.6 Å². The molecular weight excluding hydrogens is 516 g/mol. The van der Waals surface area contributed by atoms with Gasteiger partial charge in [0.15, 0.2) is 18.3 Å². The molecule has 11 heteroatoms. The number of carbonyl (C=O) groups is 3. The molecule has 0 saturated carbocycles. The van der Waals surface area contributed by atoms with Crippen molar-refractivity contribution < 1.29 is 45.9 Å². The summed E-state index contributed by atoms with van der Waals surface area (Å²) in [7, 11) is 0. The van der Waals surface area contributed by atoms with Gasteiger partial charge in [-0.05, 0) is 36.4 Å². The van der Waals surface area contributed by atoms with Gasteiger partial charge in [-0.3, -0.25) is 4.18 Å². The fraction of sp³-hybridized carbons (Fsp3) is 0.222. The first kappa shape index (κ1) is 25.7. The van der Waals surface area contributed by atoms with Gasteiger partial charge in [0.2, 0.25) is 6.29 Å². The fourth-order valence-electron chi connectivity index (χ4n) is 4.01. The smallest absolute Gasteiger partial charge is 0.338 e. The summed E-state index contributed by atoms with van der Waals surface area (Å²) in [6, 6.07) is 24.6. The molecule has 0 bridgehead atoms. The van der Waals surface area contributed by atoms with E-state index in [2.05, 4.69) is 0 Å². The standard InChI is InChI=1S/C27H22O10S/c28-24(17-10-4-1-5-11-17)32-16-20-21(34-25(29)18-12-6-2-7-13-18)22(23-27(33-20)37-38(31)36-23)35-26(30)19-14-8-3-9-15-19/h1-15,20-23,27H,16H2/t20-,21-,22+,23-,27-,38?/m1/s1. The summed E-state index contributed by atoms with van der Waals surface area (Å²) in [4.78, 5) is 38.6. The van der Waals surface area contributed by atoms with E-state index in [-0.39, 0.29) is 17.7 Å². The van der Waals surface area contributed by atoms with E-state index in [1.54, 1.807) is 91.0 Å². The molecule has 10 nitrogen and oxygen atoms in total. The number of ether oxygens (including phenoxy) is 4. The molecule has 196 valence electrons. The Balaban J connectivity index is 1.43. The summed E-state index contributed by atoms with van der Waals surface area (Å²) in [5, 5.41) is 0. The molecule has 0 radical (unpaired) electrons. The van der Waals surface area contributed by atoms with Crippen molar-refractivity contribution in [3.05, 3.63) is 108 Å². The highest BCUT2D eigenvalue weighted by Gasteiger charge is 2.56. The van der Waals surface area contributed by atoms with Crippen molar-refractivity contribution in [2.24, 2.45) is 0 Å². The SMILES string of the molecule is O=C(OC[C@H]1O[C@@H]2OS(=O)O[C@@H]2[C@@H](OC(=O)c2ccccc2)[C@@H]1OC(=O)c1ccccc1)c1ccccc1. The van der Waals surface area contributed by atoms with E-state index in [0.717, 1.165) is 0 Å². The number of benzene rings is 3. The summed E-state index contributed by atoms with van der Waals surface area (Å²) >= 11 is -2.21. The van der Waals surface area contributed by atoms with Gasteiger partial charge in [0, 0.05) is 0 Å². The van der Waals surface area contributed by atoms with Crippen LogP contribution in [0.2, 0.25) is 0 Å². The molecule has 0 aromatic heterocycles. The van der Waals surface area contributed by atoms with Gasteiger partial charge in [-0.1, -0.05) is 54.6 Å². The number of hydrogen-bond donors (Lipinski definition) is 0. The van der Waals surface area contributed by atoms with Gasteiger partial charge in [0.25, 0.3) is 0 Å². The monoisotopic (exact) mass is 538 g/mol. The van der Waals surface area contributed by atoms with Crippen LogP contribution in [-0.2, 0) is 38.7 Å². The number of esters is 3. The lowest BCUT2D eigenvalue weighted by Crippen LogP contribution is -2.60. The van der Waals surface area contributed by atoms with Gasteiger partial charge < -0.3 is 18.9 Å². The highest BCUT2D eigenvalue weighted by molar-refractivity contribution is 7.75. The molecule has 38 heavy (non-hydrogen) atoms. The van der Waals surface area contributed by atoms with Crippen LogP contribution in [-0.4, -0.2) is 59.4 Å². The van der Waals surface area contributed by atoms with Crippen molar-refractivity contribution >= 4 is 29.3 Å². The molecule has 2 saturated heterocycles. The Kier molecular flexibility index (Phi) is 7.89. The van der Waals surface area contributed by atoms with Gasteiger partial charge in [-0.25, -0.2) is 18.6 Å². The summed E-state index contributed by atoms with van der Waals surface area (Å²) in [5.41, 5.74) is 0.762. The first-order valence-electron chi connectivity index (χ1n) is 11.7. The molecule has 5 rings (SSSR count). The molecule has 2 aliphatic rings. The maximum Gasteiger partial charge on any atom is 0.338 e. The van der Waals surface area contributed by atoms with Crippen LogP contribution in [0.3, 0.4) is 0 Å². The second kappa shape index (κ2) is 11.7. The Morgan fingerprint density at radius 1 is 0.658 bits per heavy atom. The maximum atomic E-state index is 13.0. The molecule has 0 N–H and O–H groups in total. The number of carbonyl (C=O) groups excluding carboxylic acids is 3. The fourth-order valence-corrected chi connectivity index (χ4v) is 4.74. The number of rotatable bonds is 7. The Hall–Kier alpha value is -3.90. The third-order valence-electron chi connectivity index (χ3n) is 5.85. The average molecular weight is 539 g/mol. The van der Waals surface area contributed by atoms with Crippen LogP contribution in [0.4, 0.5) is 0 Å². The van der Waals surface area contributed by atoms with Gasteiger partial charge in [0.05, 0.1) is 16.7 Å². The zero-order chi connectivity index (χ0) is 26.5. The van der Waals surface area contributed by atoms with Gasteiger partial charge in [-0.2, -0.15) is 4.21 Å². The van der Waals surface area contributed by atoms with Crippen LogP contribution in [0, 0.1) is 0 Å². The van der Waals surface area contributed by atoms with Crippen LogP contribution in [0.5, 0.6) is 0 Å². The molecule has 2 fully saturated rings. The topological polar surface area (TPSA) is 124 Å². The highest BCUT2D eigenvalue weighted by atomic mass is 32.2. The highest BCUT2D eigenvalue weighted by Crippen LogP contribution is 2.35. The Morgan fingerprint density at radius 2 is 1.13 bits per heavy atom. The van der Waals surface area contributed by atoms with E-state index in [0.29, 0.717) is 5.56 Å². The molecule has 6 atom stereocenters. The predicted molar refractivity (Wildman–Crippen MR) is 131 cm³/mol. The summed E-state index contributed by atoms with van der Waals surface area (Å²) < 4.78 is 45.4. The van der Waals surface area contributed by atoms with Crippen molar-refractivity contribution in [2.75, 3.05) is 6.61 Å². The average Bonchev–Trinajstić information content (AvgIpc) is 3.34. The molecule has 3 aromatic carbocycles. The molecule has 1 unspecified atom stereocenters. The van der Waals surface area contributed by atoms with E-state index in [1.807, 2.05) is 0 Å². The van der Waals surface area contributed by atoms with Crippen molar-refractivity contribution in [3.63, 3.8) is 0 Å². The molecule has 2 heterocycles. The molecule has 3 aromatic rings. The lowest BCUT2D eigenvalue weighted by molar-refractivity contribution is -0.248. The summed E-state index contributed by atoms with van der Waals surface area (Å²) in [6.07, 6.45) is -6.18. The van der Waals surface area contributed by atoms with Gasteiger partial charge >= 0.3 is 29.3 Å². The van der Waals surface area contributed by atoms with Crippen molar-refractivity contribution in [1.29, 1.82) is 0 Å². The normalized spacial score (nSPS) is 26.1. The number of fused-ring (bicyclic) bond motifs is 1. The minimum absolute atomic E-state index is 0.231. The first-order valence-corrected chi connectivity index (χ1v) is 12.7. The maximum absolute atomic E-state index is 13.0. The van der Waals surface area contributed by atoms with Crippen LogP contribution in [0.1, 0.15) is 31.1 Å². The molecule has 2 aliphatic heterocycles. The Morgan fingerprint density at radius 3 is 1.66 bits per heavy atom. The van der Waals surface area contributed by atoms with E-state index in [1.165, 1.54) is 0 Å². The second-order valence-corrected chi connectivity index (χ2v) is 9.13. The minimum atomic E-state index is -2.21. The summed E-state index contributed by atoms with van der Waals surface area (Å²) in [6.45, 7) is -0.390. The van der Waals surface area contributed by atoms with Crippen LogP contribution in [0.15, 0.2) is 91.0 Å². The van der Waals surface area contributed by atoms with Crippen LogP contribution < -0.4 is 0 Å². The number of hydrogen-bond acceptors (Lipinski definition) is 10. The van der Waals surface area contributed by atoms with E-state index in [4.69, 9.17) is 27.3 Å². The Labute approximate surface area is 220 Å². The zero-order valence-electron chi connectivity index (χ0n) is 19.7. The van der Waals surface area contributed by atoms with E-state index < -0.39 is 60.0 Å². The van der Waals surface area contributed by atoms with Crippen LogP contribution >= 0.6 is 0 Å². The molecule has 0 aliphatic carbocycles. The predicted octanol–water partition coefficient (Wildman–Crippen LogP) is 3.01. The second-order valence-electron chi connectivity index (χ2n) is 8.34. The lowest BCUT2D eigenvalue weighted by atomic mass is 9.98. The van der Waals surface area contributed by atoms with Gasteiger partial charge in [0.1, 0.15) is 12.7 Å². The molecule has 0 amide bonds. The quantitative estimate of drug-likeness (QED) is 0.328. The van der Waals surface area contributed by atoms with Crippen molar-refractivity contribution in [3.8, 4) is 0 Å². The van der Waals surface area contributed by atoms with E-state index >= 15 is 0 Å². The minimum Gasteiger partial charge on any atom is -0.459 e. The zero-order valence-corrected chi connectivity index (χ0v) is 20.6. The Bertz CT molecular complexity index is 1300. The molecule has 0 spiro atoms. The van der Waals surface area contributed by atoms with Gasteiger partial charge in [-0.15, -0.1) is 0 Å². The lowest BCUT2D eigenvalue weighted by Gasteiger charge is -2.40. The van der Waals surface area contributed by atoms with Crippen molar-refractivity contribution in [1.82, 2.24) is 0 Å². The van der Waals surface area contributed by atoms with Crippen molar-refractivity contribution in [2.45, 2.75) is 30.7 Å². The first-order chi connectivity index (χ1) is 18.5. The summed E-state index contributed by atoms with van der Waals surface area (Å²) in [5.74, 6) is -2.12. The third-order valence-corrected chi connectivity index (χ3v) is 6.57. The third kappa shape index (κ3) is 5.81. The largest absolute Gasteiger partial charge is 0.459 e. The molecular formula is C27H22O10S.